The first kappa shape index (κ1) is 11.8. The SMILES string of the molecule is COc1cccc(Cc2cnc3[nH]c(C)cc3c2)c1. The maximum atomic E-state index is 5.25. The number of rotatable bonds is 3. The Morgan fingerprint density at radius 2 is 2.05 bits per heavy atom. The van der Waals surface area contributed by atoms with Gasteiger partial charge in [-0.05, 0) is 48.7 Å². The van der Waals surface area contributed by atoms with Gasteiger partial charge in [0.05, 0.1) is 7.11 Å². The molecule has 0 fully saturated rings. The number of nitrogens with zero attached hydrogens (tertiary/aromatic N) is 1. The van der Waals surface area contributed by atoms with Gasteiger partial charge >= 0.3 is 0 Å². The molecule has 0 saturated carbocycles. The zero-order chi connectivity index (χ0) is 13.2. The molecule has 3 aromatic rings. The largest absolute Gasteiger partial charge is 0.497 e. The van der Waals surface area contributed by atoms with E-state index in [0.717, 1.165) is 28.9 Å². The molecule has 0 aliphatic rings. The van der Waals surface area contributed by atoms with E-state index in [-0.39, 0.29) is 0 Å². The normalized spacial score (nSPS) is 10.8. The van der Waals surface area contributed by atoms with Crippen molar-refractivity contribution in [2.45, 2.75) is 13.3 Å². The molecule has 0 bridgehead atoms. The second kappa shape index (κ2) is 4.76. The maximum absolute atomic E-state index is 5.25. The van der Waals surface area contributed by atoms with Crippen LogP contribution in [0.5, 0.6) is 5.75 Å². The van der Waals surface area contributed by atoms with Crippen molar-refractivity contribution in [3.05, 3.63) is 59.4 Å². The van der Waals surface area contributed by atoms with Crippen LogP contribution in [0, 0.1) is 6.92 Å². The Morgan fingerprint density at radius 3 is 2.89 bits per heavy atom. The minimum Gasteiger partial charge on any atom is -0.497 e. The molecule has 1 N–H and O–H groups in total. The third-order valence-corrected chi connectivity index (χ3v) is 3.20. The van der Waals surface area contributed by atoms with E-state index in [2.05, 4.69) is 34.2 Å². The van der Waals surface area contributed by atoms with Crippen molar-refractivity contribution in [3.8, 4) is 5.75 Å². The molecule has 0 radical (unpaired) electrons. The van der Waals surface area contributed by atoms with Crippen LogP contribution in [0.4, 0.5) is 0 Å². The van der Waals surface area contributed by atoms with E-state index in [0.29, 0.717) is 0 Å². The number of aryl methyl sites for hydroxylation is 1. The zero-order valence-electron chi connectivity index (χ0n) is 11.1. The lowest BCUT2D eigenvalue weighted by atomic mass is 10.1. The molecule has 3 nitrogen and oxygen atoms in total. The topological polar surface area (TPSA) is 37.9 Å². The molecule has 1 aromatic carbocycles. The molecule has 0 aliphatic heterocycles. The third-order valence-electron chi connectivity index (χ3n) is 3.20. The lowest BCUT2D eigenvalue weighted by Gasteiger charge is -2.04. The minimum atomic E-state index is 0.865. The molecule has 96 valence electrons. The fraction of sp³-hybridized carbons (Fsp3) is 0.188. The first-order valence-electron chi connectivity index (χ1n) is 6.32. The number of fused-ring (bicyclic) bond motifs is 1. The third kappa shape index (κ3) is 2.45. The highest BCUT2D eigenvalue weighted by molar-refractivity contribution is 5.77. The van der Waals surface area contributed by atoms with E-state index >= 15 is 0 Å². The van der Waals surface area contributed by atoms with Crippen LogP contribution in [-0.2, 0) is 6.42 Å². The highest BCUT2D eigenvalue weighted by atomic mass is 16.5. The summed E-state index contributed by atoms with van der Waals surface area (Å²) in [5.41, 5.74) is 4.53. The second-order valence-corrected chi connectivity index (χ2v) is 4.76. The zero-order valence-corrected chi connectivity index (χ0v) is 11.1. The first-order chi connectivity index (χ1) is 9.24. The molecule has 2 aromatic heterocycles. The number of ether oxygens (including phenoxy) is 1. The van der Waals surface area contributed by atoms with Gasteiger partial charge in [0.25, 0.3) is 0 Å². The van der Waals surface area contributed by atoms with Gasteiger partial charge in [-0.1, -0.05) is 12.1 Å². The van der Waals surface area contributed by atoms with Gasteiger partial charge in [-0.15, -0.1) is 0 Å². The summed E-state index contributed by atoms with van der Waals surface area (Å²) in [5, 5.41) is 1.16. The summed E-state index contributed by atoms with van der Waals surface area (Å²) >= 11 is 0. The summed E-state index contributed by atoms with van der Waals surface area (Å²) in [6.45, 7) is 2.05. The van der Waals surface area contributed by atoms with Gasteiger partial charge in [0.15, 0.2) is 0 Å². The van der Waals surface area contributed by atoms with Crippen molar-refractivity contribution in [3.63, 3.8) is 0 Å². The Kier molecular flexibility index (Phi) is 2.95. The number of nitrogens with one attached hydrogen (secondary N) is 1. The molecule has 2 heterocycles. The molecule has 0 amide bonds. The number of hydrogen-bond donors (Lipinski definition) is 1. The van der Waals surface area contributed by atoms with Crippen LogP contribution < -0.4 is 4.74 Å². The van der Waals surface area contributed by atoms with Gasteiger partial charge in [-0.25, -0.2) is 4.98 Å². The summed E-state index contributed by atoms with van der Waals surface area (Å²) in [7, 11) is 1.69. The van der Waals surface area contributed by atoms with E-state index in [1.54, 1.807) is 7.11 Å². The van der Waals surface area contributed by atoms with Crippen molar-refractivity contribution in [1.82, 2.24) is 9.97 Å². The van der Waals surface area contributed by atoms with E-state index in [9.17, 15) is 0 Å². The van der Waals surface area contributed by atoms with Crippen LogP contribution in [-0.4, -0.2) is 17.1 Å². The van der Waals surface area contributed by atoms with E-state index in [1.807, 2.05) is 25.3 Å². The lowest BCUT2D eigenvalue weighted by molar-refractivity contribution is 0.414. The molecule has 0 spiro atoms. The molecular formula is C16H16N2O. The van der Waals surface area contributed by atoms with Crippen molar-refractivity contribution < 1.29 is 4.74 Å². The minimum absolute atomic E-state index is 0.865. The number of hydrogen-bond acceptors (Lipinski definition) is 2. The lowest BCUT2D eigenvalue weighted by Crippen LogP contribution is -1.91. The molecule has 0 aliphatic carbocycles. The predicted octanol–water partition coefficient (Wildman–Crippen LogP) is 3.47. The quantitative estimate of drug-likeness (QED) is 0.775. The van der Waals surface area contributed by atoms with Crippen LogP contribution in [0.1, 0.15) is 16.8 Å². The molecular weight excluding hydrogens is 236 g/mol. The van der Waals surface area contributed by atoms with Crippen molar-refractivity contribution in [1.29, 1.82) is 0 Å². The highest BCUT2D eigenvalue weighted by Crippen LogP contribution is 2.19. The average Bonchev–Trinajstić information content (AvgIpc) is 2.78. The van der Waals surface area contributed by atoms with Gasteiger partial charge in [-0.2, -0.15) is 0 Å². The molecule has 3 heteroatoms. The van der Waals surface area contributed by atoms with Crippen LogP contribution >= 0.6 is 0 Å². The smallest absolute Gasteiger partial charge is 0.137 e. The Hall–Kier alpha value is -2.29. The maximum Gasteiger partial charge on any atom is 0.137 e. The van der Waals surface area contributed by atoms with E-state index < -0.39 is 0 Å². The van der Waals surface area contributed by atoms with Gasteiger partial charge in [-0.3, -0.25) is 0 Å². The first-order valence-corrected chi connectivity index (χ1v) is 6.32. The van der Waals surface area contributed by atoms with Crippen LogP contribution in [0.3, 0.4) is 0 Å². The fourth-order valence-electron chi connectivity index (χ4n) is 2.31. The summed E-state index contributed by atoms with van der Waals surface area (Å²) in [6.07, 6.45) is 2.79. The Bertz CT molecular complexity index is 716. The molecule has 0 saturated heterocycles. The van der Waals surface area contributed by atoms with Crippen LogP contribution in [0.2, 0.25) is 0 Å². The number of pyridine rings is 1. The second-order valence-electron chi connectivity index (χ2n) is 4.76. The molecule has 19 heavy (non-hydrogen) atoms. The number of aromatic nitrogens is 2. The molecule has 0 atom stereocenters. The van der Waals surface area contributed by atoms with Gasteiger partial charge in [0.2, 0.25) is 0 Å². The molecule has 3 rings (SSSR count). The van der Waals surface area contributed by atoms with Crippen LogP contribution in [0.15, 0.2) is 42.6 Å². The van der Waals surface area contributed by atoms with Crippen molar-refractivity contribution in [2.75, 3.05) is 7.11 Å². The number of H-pyrrole nitrogens is 1. The summed E-state index contributed by atoms with van der Waals surface area (Å²) in [4.78, 5) is 7.69. The summed E-state index contributed by atoms with van der Waals surface area (Å²) in [6, 6.07) is 12.4. The van der Waals surface area contributed by atoms with E-state index in [1.165, 1.54) is 11.1 Å². The van der Waals surface area contributed by atoms with Gasteiger partial charge in [0, 0.05) is 17.3 Å². The van der Waals surface area contributed by atoms with Crippen LogP contribution in [0.25, 0.3) is 11.0 Å². The highest BCUT2D eigenvalue weighted by Gasteiger charge is 2.03. The van der Waals surface area contributed by atoms with Crippen molar-refractivity contribution in [2.24, 2.45) is 0 Å². The summed E-state index contributed by atoms with van der Waals surface area (Å²) < 4.78 is 5.25. The fourth-order valence-corrected chi connectivity index (χ4v) is 2.31. The number of benzene rings is 1. The Balaban J connectivity index is 1.91. The average molecular weight is 252 g/mol. The Labute approximate surface area is 112 Å². The monoisotopic (exact) mass is 252 g/mol. The molecule has 0 unspecified atom stereocenters. The standard InChI is InChI=1S/C16H16N2O/c1-11-6-14-8-13(10-17-16(14)18-11)7-12-4-3-5-15(9-12)19-2/h3-6,8-10H,7H2,1-2H3,(H,17,18). The van der Waals surface area contributed by atoms with E-state index in [4.69, 9.17) is 4.74 Å². The summed E-state index contributed by atoms with van der Waals surface area (Å²) in [5.74, 6) is 0.893. The van der Waals surface area contributed by atoms with Gasteiger partial charge in [0.1, 0.15) is 11.4 Å². The number of methoxy groups -OCH3 is 1. The number of aromatic amines is 1. The van der Waals surface area contributed by atoms with Crippen molar-refractivity contribution >= 4 is 11.0 Å². The predicted molar refractivity (Wildman–Crippen MR) is 76.6 cm³/mol. The Morgan fingerprint density at radius 1 is 1.16 bits per heavy atom. The van der Waals surface area contributed by atoms with Gasteiger partial charge < -0.3 is 9.72 Å².